The van der Waals surface area contributed by atoms with Crippen LogP contribution in [0.5, 0.6) is 0 Å². The second-order valence-corrected chi connectivity index (χ2v) is 23.2. The van der Waals surface area contributed by atoms with Crippen molar-refractivity contribution in [2.45, 2.75) is 43.4 Å². The Balaban J connectivity index is 0.820. The Bertz CT molecular complexity index is 4530. The molecular formula is C81H58N2. The standard InChI is InChI=1S/C81H58N2/c1-2-20-55-21-6-17-34-77(55)82(58-24-4-3-5-25-58)59-43-47-67-65-45-39-53(49-73(65)80(75(67)51-59)69-30-13-9-26-61(69)62-27-10-14-31-70(62)80)37-38-54-40-46-66-68-48-44-60(83-78-35-18-7-22-56(78)41-42-57-23-8-19-36-79(57)83)52-76(68)81(74(66)50-54)71-32-15-11-28-63(71)64-29-12-16-33-72(64)81/h3-19,21-40,43-52H,2,20,41-42H2,1H3/b38-37+. The van der Waals surface area contributed by atoms with Crippen LogP contribution in [0, 0.1) is 0 Å². The smallest absolute Gasteiger partial charge is 0.0726 e. The van der Waals surface area contributed by atoms with Crippen LogP contribution in [0.2, 0.25) is 0 Å². The third-order valence-electron chi connectivity index (χ3n) is 19.1. The molecule has 0 saturated heterocycles. The van der Waals surface area contributed by atoms with Gasteiger partial charge in [0.15, 0.2) is 0 Å². The van der Waals surface area contributed by atoms with E-state index in [4.69, 9.17) is 0 Å². The van der Waals surface area contributed by atoms with Gasteiger partial charge >= 0.3 is 0 Å². The SMILES string of the molecule is CCCc1ccccc1N(c1ccccc1)c1ccc2c(c1)C1(c3ccccc3-c3ccccc31)c1cc(/C=C/c3ccc4c(c3)C3(c5ccccc5-c5ccccc53)c3cc(N5c6ccccc6CCc6ccccc65)ccc3-4)ccc1-2. The Morgan fingerprint density at radius 3 is 1.29 bits per heavy atom. The van der Waals surface area contributed by atoms with Crippen LogP contribution >= 0.6 is 0 Å². The second kappa shape index (κ2) is 18.5. The van der Waals surface area contributed by atoms with Crippen molar-refractivity contribution >= 4 is 46.3 Å². The first kappa shape index (κ1) is 47.8. The molecule has 83 heavy (non-hydrogen) atoms. The van der Waals surface area contributed by atoms with Gasteiger partial charge in [0.1, 0.15) is 0 Å². The van der Waals surface area contributed by atoms with E-state index in [0.29, 0.717) is 0 Å². The molecule has 0 fully saturated rings. The fraction of sp³-hybridized carbons (Fsp3) is 0.0864. The quantitative estimate of drug-likeness (QED) is 0.140. The third kappa shape index (κ3) is 6.78. The summed E-state index contributed by atoms with van der Waals surface area (Å²) in [7, 11) is 0. The average molecular weight is 1060 g/mol. The number of hydrogen-bond donors (Lipinski definition) is 0. The van der Waals surface area contributed by atoms with E-state index in [2.05, 4.69) is 302 Å². The normalized spacial score (nSPS) is 14.4. The molecular weight excluding hydrogens is 1000 g/mol. The van der Waals surface area contributed by atoms with E-state index in [0.717, 1.165) is 37.1 Å². The monoisotopic (exact) mass is 1060 g/mol. The van der Waals surface area contributed by atoms with Gasteiger partial charge in [-0.05, 0) is 203 Å². The maximum absolute atomic E-state index is 2.54. The highest BCUT2D eigenvalue weighted by atomic mass is 15.2. The summed E-state index contributed by atoms with van der Waals surface area (Å²) in [5.74, 6) is 0. The van der Waals surface area contributed by atoms with Crippen molar-refractivity contribution in [3.05, 3.63) is 345 Å². The molecule has 0 radical (unpaired) electrons. The van der Waals surface area contributed by atoms with Crippen molar-refractivity contribution in [3.8, 4) is 44.5 Å². The van der Waals surface area contributed by atoms with Crippen LogP contribution in [0.4, 0.5) is 34.1 Å². The molecule has 17 rings (SSSR count). The largest absolute Gasteiger partial charge is 0.310 e. The lowest BCUT2D eigenvalue weighted by Gasteiger charge is -2.33. The van der Waals surface area contributed by atoms with Crippen LogP contribution in [0.15, 0.2) is 273 Å². The molecule has 0 amide bonds. The molecule has 2 spiro atoms. The molecule has 0 N–H and O–H groups in total. The summed E-state index contributed by atoms with van der Waals surface area (Å²) in [6.07, 6.45) is 8.81. The van der Waals surface area contributed by atoms with Gasteiger partial charge in [-0.15, -0.1) is 0 Å². The number of rotatable bonds is 8. The highest BCUT2D eigenvalue weighted by molar-refractivity contribution is 5.99. The minimum absolute atomic E-state index is 0.523. The Hall–Kier alpha value is -10.0. The van der Waals surface area contributed by atoms with Gasteiger partial charge < -0.3 is 9.80 Å². The first-order valence-electron chi connectivity index (χ1n) is 29.7. The summed E-state index contributed by atoms with van der Waals surface area (Å²) in [6, 6.07) is 104. The van der Waals surface area contributed by atoms with Gasteiger partial charge in [0.2, 0.25) is 0 Å². The first-order valence-corrected chi connectivity index (χ1v) is 29.7. The van der Waals surface area contributed by atoms with Crippen molar-refractivity contribution in [1.29, 1.82) is 0 Å². The third-order valence-corrected chi connectivity index (χ3v) is 19.1. The zero-order valence-corrected chi connectivity index (χ0v) is 46.4. The van der Waals surface area contributed by atoms with E-state index in [1.54, 1.807) is 0 Å². The molecule has 0 atom stereocenters. The van der Waals surface area contributed by atoms with Crippen molar-refractivity contribution in [2.24, 2.45) is 0 Å². The molecule has 0 bridgehead atoms. The fourth-order valence-corrected chi connectivity index (χ4v) is 15.7. The van der Waals surface area contributed by atoms with Crippen molar-refractivity contribution < 1.29 is 0 Å². The number of hydrogen-bond acceptors (Lipinski definition) is 2. The van der Waals surface area contributed by atoms with E-state index < -0.39 is 10.8 Å². The number of aryl methyl sites for hydroxylation is 3. The highest BCUT2D eigenvalue weighted by Gasteiger charge is 2.53. The van der Waals surface area contributed by atoms with Crippen molar-refractivity contribution in [2.75, 3.05) is 9.80 Å². The minimum Gasteiger partial charge on any atom is -0.310 e. The second-order valence-electron chi connectivity index (χ2n) is 23.2. The van der Waals surface area contributed by atoms with Gasteiger partial charge in [-0.2, -0.15) is 0 Å². The van der Waals surface area contributed by atoms with Crippen LogP contribution < -0.4 is 9.80 Å². The summed E-state index contributed by atoms with van der Waals surface area (Å²) >= 11 is 0. The first-order chi connectivity index (χ1) is 41.1. The summed E-state index contributed by atoms with van der Waals surface area (Å²) in [6.45, 7) is 2.28. The van der Waals surface area contributed by atoms with Gasteiger partial charge in [-0.3, -0.25) is 0 Å². The van der Waals surface area contributed by atoms with Gasteiger partial charge in [0.05, 0.1) is 10.8 Å². The number of para-hydroxylation sites is 4. The molecule has 1 aliphatic heterocycles. The van der Waals surface area contributed by atoms with E-state index >= 15 is 0 Å². The molecule has 1 heterocycles. The molecule has 0 unspecified atom stereocenters. The van der Waals surface area contributed by atoms with Crippen LogP contribution in [0.1, 0.15) is 85.7 Å². The molecule has 0 saturated carbocycles. The molecule has 12 aromatic rings. The van der Waals surface area contributed by atoms with Crippen LogP contribution in [-0.2, 0) is 30.1 Å². The lowest BCUT2D eigenvalue weighted by atomic mass is 9.70. The molecule has 392 valence electrons. The van der Waals surface area contributed by atoms with Gasteiger partial charge in [0, 0.05) is 34.1 Å². The molecule has 12 aromatic carbocycles. The predicted molar refractivity (Wildman–Crippen MR) is 345 cm³/mol. The fourth-order valence-electron chi connectivity index (χ4n) is 15.7. The molecule has 5 aliphatic rings. The zero-order chi connectivity index (χ0) is 54.8. The molecule has 2 heteroatoms. The molecule has 2 nitrogen and oxygen atoms in total. The lowest BCUT2D eigenvalue weighted by molar-refractivity contribution is 0.793. The number of nitrogens with zero attached hydrogens (tertiary/aromatic N) is 2. The topological polar surface area (TPSA) is 6.48 Å². The highest BCUT2D eigenvalue weighted by Crippen LogP contribution is 2.66. The number of anilines is 6. The van der Waals surface area contributed by atoms with E-state index in [1.807, 2.05) is 0 Å². The van der Waals surface area contributed by atoms with Gasteiger partial charge in [-0.1, -0.05) is 232 Å². The molecule has 4 aliphatic carbocycles. The minimum atomic E-state index is -0.533. The Morgan fingerprint density at radius 1 is 0.349 bits per heavy atom. The van der Waals surface area contributed by atoms with E-state index in [1.165, 1.54) is 140 Å². The average Bonchev–Trinajstić information content (AvgIpc) is 1.73. The van der Waals surface area contributed by atoms with Crippen molar-refractivity contribution in [3.63, 3.8) is 0 Å². The predicted octanol–water partition coefficient (Wildman–Crippen LogP) is 20.5. The lowest BCUT2D eigenvalue weighted by Crippen LogP contribution is -2.26. The summed E-state index contributed by atoms with van der Waals surface area (Å²) < 4.78 is 0. The molecule has 0 aromatic heterocycles. The summed E-state index contributed by atoms with van der Waals surface area (Å²) in [5, 5.41) is 0. The Morgan fingerprint density at radius 2 is 0.759 bits per heavy atom. The maximum atomic E-state index is 2.54. The Labute approximate surface area is 486 Å². The van der Waals surface area contributed by atoms with Crippen LogP contribution in [-0.4, -0.2) is 0 Å². The number of benzene rings is 12. The van der Waals surface area contributed by atoms with Gasteiger partial charge in [0.25, 0.3) is 0 Å². The summed E-state index contributed by atoms with van der Waals surface area (Å²) in [5.41, 5.74) is 33.7. The maximum Gasteiger partial charge on any atom is 0.0726 e. The summed E-state index contributed by atoms with van der Waals surface area (Å²) in [4.78, 5) is 5.02. The van der Waals surface area contributed by atoms with Gasteiger partial charge in [-0.25, -0.2) is 0 Å². The van der Waals surface area contributed by atoms with Crippen LogP contribution in [0.25, 0.3) is 56.7 Å². The Kier molecular flexibility index (Phi) is 10.6. The van der Waals surface area contributed by atoms with Crippen molar-refractivity contribution in [1.82, 2.24) is 0 Å². The number of fused-ring (bicyclic) bond motifs is 22. The van der Waals surface area contributed by atoms with E-state index in [-0.39, 0.29) is 0 Å². The van der Waals surface area contributed by atoms with Crippen LogP contribution in [0.3, 0.4) is 0 Å². The zero-order valence-electron chi connectivity index (χ0n) is 46.4. The van der Waals surface area contributed by atoms with E-state index in [9.17, 15) is 0 Å².